The fraction of sp³-hybridized carbons (Fsp3) is 1.00. The molecule has 1 heterocycles. The third kappa shape index (κ3) is 4.10. The molecular weight excluding hydrogens is 229 g/mol. The molecule has 0 amide bonds. The van der Waals surface area contributed by atoms with Gasteiger partial charge in [0.05, 0.1) is 6.61 Å². The average Bonchev–Trinajstić information content (AvgIpc) is 2.28. The Bertz CT molecular complexity index is 219. The number of piperidine rings is 1. The van der Waals surface area contributed by atoms with Crippen LogP contribution in [0.3, 0.4) is 0 Å². The van der Waals surface area contributed by atoms with Crippen molar-refractivity contribution < 1.29 is 9.09 Å². The zero-order valence-corrected chi connectivity index (χ0v) is 11.5. The predicted molar refractivity (Wildman–Crippen MR) is 67.4 cm³/mol. The maximum atomic E-state index is 12.6. The summed E-state index contributed by atoms with van der Waals surface area (Å²) in [5, 5.41) is 0. The normalized spacial score (nSPS) is 22.5. The van der Waals surface area contributed by atoms with Crippen LogP contribution in [-0.2, 0) is 9.09 Å². The van der Waals surface area contributed by atoms with Crippen molar-refractivity contribution in [3.8, 4) is 0 Å². The second-order valence-corrected chi connectivity index (χ2v) is 8.32. The van der Waals surface area contributed by atoms with Crippen molar-refractivity contribution in [2.24, 2.45) is 0 Å². The van der Waals surface area contributed by atoms with Crippen molar-refractivity contribution in [2.75, 3.05) is 25.4 Å². The first-order chi connectivity index (χ1) is 7.23. The van der Waals surface area contributed by atoms with Crippen LogP contribution in [0.5, 0.6) is 0 Å². The number of nitrogens with zero attached hydrogens (tertiary/aromatic N) is 1. The summed E-state index contributed by atoms with van der Waals surface area (Å²) in [5.41, 5.74) is 0. The van der Waals surface area contributed by atoms with Crippen molar-refractivity contribution in [2.45, 2.75) is 39.5 Å². The fourth-order valence-corrected chi connectivity index (χ4v) is 6.37. The molecule has 0 aromatic heterocycles. The molecule has 90 valence electrons. The molecule has 0 radical (unpaired) electrons. The molecule has 0 bridgehead atoms. The Hall–Kier alpha value is 0.500. The molecule has 5 heteroatoms. The molecule has 3 nitrogen and oxygen atoms in total. The molecule has 1 fully saturated rings. The molecule has 1 aliphatic rings. The van der Waals surface area contributed by atoms with E-state index in [4.69, 9.17) is 4.52 Å². The van der Waals surface area contributed by atoms with Crippen molar-refractivity contribution in [1.82, 2.24) is 4.67 Å². The summed E-state index contributed by atoms with van der Waals surface area (Å²) in [6.07, 6.45) is 4.63. The van der Waals surface area contributed by atoms with Gasteiger partial charge in [0.2, 0.25) is 0 Å². The molecular formula is C10H22NO2PS. The number of rotatable bonds is 6. The van der Waals surface area contributed by atoms with E-state index in [0.29, 0.717) is 6.61 Å². The molecule has 1 atom stereocenters. The lowest BCUT2D eigenvalue weighted by Crippen LogP contribution is -2.26. The van der Waals surface area contributed by atoms with Gasteiger partial charge < -0.3 is 4.52 Å². The minimum atomic E-state index is -2.56. The Morgan fingerprint density at radius 3 is 2.47 bits per heavy atom. The standard InChI is InChI=1S/C10H22NO2PS/c1-3-10-15-14(12,13-4-2)11-8-6-5-7-9-11/h3-10H2,1-2H3. The largest absolute Gasteiger partial charge is 0.329 e. The minimum Gasteiger partial charge on any atom is -0.310 e. The fourth-order valence-electron chi connectivity index (χ4n) is 1.69. The van der Waals surface area contributed by atoms with Gasteiger partial charge in [0, 0.05) is 18.8 Å². The summed E-state index contributed by atoms with van der Waals surface area (Å²) in [4.78, 5) is 0. The first kappa shape index (κ1) is 13.6. The molecule has 0 aromatic rings. The van der Waals surface area contributed by atoms with E-state index < -0.39 is 6.72 Å². The molecule has 15 heavy (non-hydrogen) atoms. The quantitative estimate of drug-likeness (QED) is 0.672. The third-order valence-corrected chi connectivity index (χ3v) is 7.56. The first-order valence-corrected chi connectivity index (χ1v) is 9.04. The van der Waals surface area contributed by atoms with Crippen LogP contribution in [-0.4, -0.2) is 30.1 Å². The average molecular weight is 251 g/mol. The maximum absolute atomic E-state index is 12.6. The summed E-state index contributed by atoms with van der Waals surface area (Å²) in [7, 11) is 0. The summed E-state index contributed by atoms with van der Waals surface area (Å²) in [6.45, 7) is 3.89. The second kappa shape index (κ2) is 6.95. The van der Waals surface area contributed by atoms with Gasteiger partial charge in [0.1, 0.15) is 0 Å². The molecule has 0 saturated carbocycles. The van der Waals surface area contributed by atoms with E-state index in [2.05, 4.69) is 11.6 Å². The van der Waals surface area contributed by atoms with E-state index in [9.17, 15) is 4.57 Å². The highest BCUT2D eigenvalue weighted by Gasteiger charge is 2.32. The van der Waals surface area contributed by atoms with Crippen molar-refractivity contribution in [3.05, 3.63) is 0 Å². The third-order valence-electron chi connectivity index (χ3n) is 2.43. The van der Waals surface area contributed by atoms with Crippen LogP contribution in [0.15, 0.2) is 0 Å². The molecule has 1 aliphatic heterocycles. The Morgan fingerprint density at radius 1 is 1.27 bits per heavy atom. The SMILES string of the molecule is CCCSP(=O)(OCC)N1CCCCC1. The maximum Gasteiger partial charge on any atom is 0.329 e. The van der Waals surface area contributed by atoms with Crippen LogP contribution >= 0.6 is 18.1 Å². The lowest BCUT2D eigenvalue weighted by molar-refractivity contribution is 0.264. The van der Waals surface area contributed by atoms with Crippen LogP contribution < -0.4 is 0 Å². The highest BCUT2D eigenvalue weighted by atomic mass is 32.7. The highest BCUT2D eigenvalue weighted by Crippen LogP contribution is 2.63. The summed E-state index contributed by atoms with van der Waals surface area (Å²) in [6, 6.07) is 0. The summed E-state index contributed by atoms with van der Waals surface area (Å²) in [5.74, 6) is 0.924. The highest BCUT2D eigenvalue weighted by molar-refractivity contribution is 8.55. The Labute approximate surface area is 97.2 Å². The molecule has 0 spiro atoms. The van der Waals surface area contributed by atoms with Gasteiger partial charge >= 0.3 is 6.72 Å². The second-order valence-electron chi connectivity index (χ2n) is 3.73. The topological polar surface area (TPSA) is 29.5 Å². The Balaban J connectivity index is 2.56. The van der Waals surface area contributed by atoms with Crippen molar-refractivity contribution in [3.63, 3.8) is 0 Å². The molecule has 1 saturated heterocycles. The zero-order chi connectivity index (χ0) is 11.1. The Morgan fingerprint density at radius 2 is 1.93 bits per heavy atom. The van der Waals surface area contributed by atoms with E-state index in [-0.39, 0.29) is 0 Å². The van der Waals surface area contributed by atoms with Crippen molar-refractivity contribution in [1.29, 1.82) is 0 Å². The summed E-state index contributed by atoms with van der Waals surface area (Å²) < 4.78 is 20.2. The van der Waals surface area contributed by atoms with E-state index >= 15 is 0 Å². The van der Waals surface area contributed by atoms with E-state index in [1.807, 2.05) is 6.92 Å². The van der Waals surface area contributed by atoms with Gasteiger partial charge in [0.15, 0.2) is 0 Å². The van der Waals surface area contributed by atoms with E-state index in [1.54, 1.807) is 0 Å². The monoisotopic (exact) mass is 251 g/mol. The van der Waals surface area contributed by atoms with Crippen LogP contribution in [0, 0.1) is 0 Å². The van der Waals surface area contributed by atoms with Gasteiger partial charge in [-0.15, -0.1) is 0 Å². The summed E-state index contributed by atoms with van der Waals surface area (Å²) >= 11 is 1.51. The van der Waals surface area contributed by atoms with Gasteiger partial charge in [-0.05, 0) is 26.2 Å². The first-order valence-electron chi connectivity index (χ1n) is 5.87. The lowest BCUT2D eigenvalue weighted by atomic mass is 10.2. The van der Waals surface area contributed by atoms with Crippen LogP contribution in [0.4, 0.5) is 0 Å². The number of hydrogen-bond acceptors (Lipinski definition) is 3. The number of hydrogen-bond donors (Lipinski definition) is 0. The van der Waals surface area contributed by atoms with Crippen LogP contribution in [0.25, 0.3) is 0 Å². The van der Waals surface area contributed by atoms with E-state index in [0.717, 1.165) is 38.1 Å². The van der Waals surface area contributed by atoms with Gasteiger partial charge in [0.25, 0.3) is 0 Å². The lowest BCUT2D eigenvalue weighted by Gasteiger charge is -2.32. The Kier molecular flexibility index (Phi) is 6.28. The predicted octanol–water partition coefficient (Wildman–Crippen LogP) is 3.76. The van der Waals surface area contributed by atoms with Gasteiger partial charge in [-0.3, -0.25) is 4.57 Å². The molecule has 1 unspecified atom stereocenters. The molecule has 0 aliphatic carbocycles. The minimum absolute atomic E-state index is 0.546. The smallest absolute Gasteiger partial charge is 0.310 e. The zero-order valence-electron chi connectivity index (χ0n) is 9.78. The van der Waals surface area contributed by atoms with Gasteiger partial charge in [-0.1, -0.05) is 24.7 Å². The van der Waals surface area contributed by atoms with Crippen LogP contribution in [0.1, 0.15) is 39.5 Å². The van der Waals surface area contributed by atoms with E-state index in [1.165, 1.54) is 17.8 Å². The van der Waals surface area contributed by atoms with Crippen LogP contribution in [0.2, 0.25) is 0 Å². The van der Waals surface area contributed by atoms with Gasteiger partial charge in [-0.2, -0.15) is 0 Å². The molecule has 1 rings (SSSR count). The van der Waals surface area contributed by atoms with Crippen molar-refractivity contribution >= 4 is 18.1 Å². The molecule has 0 aromatic carbocycles. The van der Waals surface area contributed by atoms with Gasteiger partial charge in [-0.25, -0.2) is 4.67 Å². The molecule has 0 N–H and O–H groups in total.